The molecule has 6 rings (SSSR count). The second kappa shape index (κ2) is 8.37. The van der Waals surface area contributed by atoms with Gasteiger partial charge in [-0.15, -0.1) is 0 Å². The zero-order valence-electron chi connectivity index (χ0n) is 18.1. The van der Waals surface area contributed by atoms with E-state index in [2.05, 4.69) is 25.5 Å². The Morgan fingerprint density at radius 3 is 2.61 bits per heavy atom. The number of benzene rings is 1. The summed E-state index contributed by atoms with van der Waals surface area (Å²) in [7, 11) is 0. The van der Waals surface area contributed by atoms with E-state index in [4.69, 9.17) is 9.97 Å². The lowest BCUT2D eigenvalue weighted by Crippen LogP contribution is -2.44. The van der Waals surface area contributed by atoms with E-state index in [1.165, 1.54) is 11.8 Å². The Kier molecular flexibility index (Phi) is 5.07. The Bertz CT molecular complexity index is 1300. The van der Waals surface area contributed by atoms with Crippen LogP contribution in [-0.4, -0.2) is 46.1 Å². The molecule has 0 atom stereocenters. The summed E-state index contributed by atoms with van der Waals surface area (Å²) in [4.78, 5) is 20.6. The third kappa shape index (κ3) is 3.98. The van der Waals surface area contributed by atoms with Gasteiger partial charge in [-0.05, 0) is 42.5 Å². The number of hydrogen-bond acceptors (Lipinski definition) is 7. The van der Waals surface area contributed by atoms with Crippen molar-refractivity contribution >= 4 is 28.2 Å². The Balaban J connectivity index is 1.48. The molecule has 1 saturated carbocycles. The zero-order chi connectivity index (χ0) is 22.2. The number of pyridine rings is 2. The largest absolute Gasteiger partial charge is 0.353 e. The van der Waals surface area contributed by atoms with Crippen molar-refractivity contribution in [3.05, 3.63) is 66.4 Å². The Hall–Kier alpha value is -3.65. The number of para-hydroxylation sites is 1. The van der Waals surface area contributed by atoms with Gasteiger partial charge in [-0.3, -0.25) is 4.98 Å². The molecular weight excluding hydrogens is 417 g/mol. The van der Waals surface area contributed by atoms with Crippen LogP contribution in [0.1, 0.15) is 24.3 Å². The maximum Gasteiger partial charge on any atom is 0.165 e. The third-order valence-corrected chi connectivity index (χ3v) is 6.19. The number of halogens is 1. The van der Waals surface area contributed by atoms with Crippen molar-refractivity contribution in [3.63, 3.8) is 0 Å². The van der Waals surface area contributed by atoms with Crippen LogP contribution >= 0.6 is 0 Å². The van der Waals surface area contributed by atoms with Crippen LogP contribution in [0.2, 0.25) is 0 Å². The predicted octanol–water partition coefficient (Wildman–Crippen LogP) is 4.26. The van der Waals surface area contributed by atoms with E-state index < -0.39 is 5.82 Å². The SMILES string of the molecule is Fc1cnc(Nc2ccccc2)cc1-c1nc(N2CCNCC2)c2c(C3CC3)cncc2n1. The molecule has 7 nitrogen and oxygen atoms in total. The maximum absolute atomic E-state index is 15.0. The maximum atomic E-state index is 15.0. The third-order valence-electron chi connectivity index (χ3n) is 6.19. The quantitative estimate of drug-likeness (QED) is 0.479. The fourth-order valence-corrected chi connectivity index (χ4v) is 4.37. The molecule has 4 aromatic rings. The van der Waals surface area contributed by atoms with Crippen LogP contribution in [0.25, 0.3) is 22.3 Å². The van der Waals surface area contributed by atoms with Gasteiger partial charge in [0.05, 0.1) is 23.5 Å². The van der Waals surface area contributed by atoms with E-state index in [0.717, 1.165) is 61.4 Å². The number of hydrogen-bond donors (Lipinski definition) is 2. The van der Waals surface area contributed by atoms with Gasteiger partial charge in [-0.25, -0.2) is 19.3 Å². The summed E-state index contributed by atoms with van der Waals surface area (Å²) >= 11 is 0. The molecule has 2 N–H and O–H groups in total. The number of nitrogens with zero attached hydrogens (tertiary/aromatic N) is 5. The molecule has 1 aliphatic carbocycles. The van der Waals surface area contributed by atoms with Crippen molar-refractivity contribution in [2.24, 2.45) is 0 Å². The summed E-state index contributed by atoms with van der Waals surface area (Å²) in [5, 5.41) is 7.67. The summed E-state index contributed by atoms with van der Waals surface area (Å²) in [5.41, 5.74) is 3.15. The summed E-state index contributed by atoms with van der Waals surface area (Å²) < 4.78 is 15.0. The van der Waals surface area contributed by atoms with Gasteiger partial charge >= 0.3 is 0 Å². The van der Waals surface area contributed by atoms with Gasteiger partial charge in [0.15, 0.2) is 11.6 Å². The highest BCUT2D eigenvalue weighted by molar-refractivity contribution is 5.94. The molecule has 4 heterocycles. The van der Waals surface area contributed by atoms with Crippen molar-refractivity contribution in [2.75, 3.05) is 36.4 Å². The van der Waals surface area contributed by atoms with Crippen LogP contribution in [0, 0.1) is 5.82 Å². The zero-order valence-corrected chi connectivity index (χ0v) is 18.1. The van der Waals surface area contributed by atoms with Gasteiger partial charge < -0.3 is 15.5 Å². The lowest BCUT2D eigenvalue weighted by molar-refractivity contribution is 0.586. The lowest BCUT2D eigenvalue weighted by atomic mass is 10.1. The minimum Gasteiger partial charge on any atom is -0.353 e. The summed E-state index contributed by atoms with van der Waals surface area (Å²) in [6, 6.07) is 11.4. The van der Waals surface area contributed by atoms with Crippen molar-refractivity contribution in [1.29, 1.82) is 0 Å². The highest BCUT2D eigenvalue weighted by Gasteiger charge is 2.29. The van der Waals surface area contributed by atoms with Gasteiger partial charge in [0.25, 0.3) is 0 Å². The van der Waals surface area contributed by atoms with Crippen LogP contribution in [0.3, 0.4) is 0 Å². The van der Waals surface area contributed by atoms with E-state index >= 15 is 0 Å². The summed E-state index contributed by atoms with van der Waals surface area (Å²) in [5.74, 6) is 1.81. The minimum atomic E-state index is -0.453. The lowest BCUT2D eigenvalue weighted by Gasteiger charge is -2.30. The molecule has 0 unspecified atom stereocenters. The van der Waals surface area contributed by atoms with E-state index in [1.54, 1.807) is 12.3 Å². The molecule has 2 aliphatic rings. The number of nitrogens with one attached hydrogen (secondary N) is 2. The van der Waals surface area contributed by atoms with Gasteiger partial charge in [-0.1, -0.05) is 18.2 Å². The fraction of sp³-hybridized carbons (Fsp3) is 0.280. The van der Waals surface area contributed by atoms with Crippen LogP contribution in [-0.2, 0) is 0 Å². The van der Waals surface area contributed by atoms with E-state index in [-0.39, 0.29) is 0 Å². The highest BCUT2D eigenvalue weighted by atomic mass is 19.1. The molecule has 0 bridgehead atoms. The second-order valence-corrected chi connectivity index (χ2v) is 8.55. The van der Waals surface area contributed by atoms with Gasteiger partial charge in [0.1, 0.15) is 11.6 Å². The first kappa shape index (κ1) is 20.0. The standard InChI is InChI=1S/C25H24FN7/c26-20-14-29-22(30-17-4-2-1-3-5-17)12-18(20)24-31-21-15-28-13-19(16-6-7-16)23(21)25(32-24)33-10-8-27-9-11-33/h1-5,12-16,27H,6-11H2,(H,29,30). The number of anilines is 3. The number of rotatable bonds is 5. The molecule has 0 amide bonds. The molecule has 2 fully saturated rings. The fourth-order valence-electron chi connectivity index (χ4n) is 4.37. The molecule has 0 radical (unpaired) electrons. The van der Waals surface area contributed by atoms with Crippen molar-refractivity contribution in [3.8, 4) is 11.4 Å². The van der Waals surface area contributed by atoms with Crippen LogP contribution < -0.4 is 15.5 Å². The average molecular weight is 442 g/mol. The van der Waals surface area contributed by atoms with E-state index in [9.17, 15) is 4.39 Å². The van der Waals surface area contributed by atoms with Crippen molar-refractivity contribution in [1.82, 2.24) is 25.3 Å². The average Bonchev–Trinajstić information content (AvgIpc) is 3.71. The number of aromatic nitrogens is 4. The smallest absolute Gasteiger partial charge is 0.165 e. The van der Waals surface area contributed by atoms with Crippen molar-refractivity contribution < 1.29 is 4.39 Å². The molecule has 8 heteroatoms. The Morgan fingerprint density at radius 2 is 1.82 bits per heavy atom. The van der Waals surface area contributed by atoms with Crippen molar-refractivity contribution in [2.45, 2.75) is 18.8 Å². The number of piperazine rings is 1. The van der Waals surface area contributed by atoms with Crippen LogP contribution in [0.4, 0.5) is 21.7 Å². The van der Waals surface area contributed by atoms with Gasteiger partial charge in [0, 0.05) is 43.4 Å². The monoisotopic (exact) mass is 441 g/mol. The first-order chi connectivity index (χ1) is 16.3. The summed E-state index contributed by atoms with van der Waals surface area (Å²) in [6.45, 7) is 3.47. The topological polar surface area (TPSA) is 78.9 Å². The Morgan fingerprint density at radius 1 is 1.00 bits per heavy atom. The van der Waals surface area contributed by atoms with Gasteiger partial charge in [0.2, 0.25) is 0 Å². The second-order valence-electron chi connectivity index (χ2n) is 8.55. The predicted molar refractivity (Wildman–Crippen MR) is 127 cm³/mol. The molecule has 33 heavy (non-hydrogen) atoms. The molecule has 1 aromatic carbocycles. The normalized spacial score (nSPS) is 16.2. The molecular formula is C25H24FN7. The molecule has 1 aliphatic heterocycles. The molecule has 166 valence electrons. The Labute approximate surface area is 191 Å². The first-order valence-electron chi connectivity index (χ1n) is 11.4. The first-order valence-corrected chi connectivity index (χ1v) is 11.4. The van der Waals surface area contributed by atoms with Crippen LogP contribution in [0.5, 0.6) is 0 Å². The molecule has 3 aromatic heterocycles. The summed E-state index contributed by atoms with van der Waals surface area (Å²) in [6.07, 6.45) is 7.26. The minimum absolute atomic E-state index is 0.318. The van der Waals surface area contributed by atoms with E-state index in [0.29, 0.717) is 23.1 Å². The van der Waals surface area contributed by atoms with Crippen LogP contribution in [0.15, 0.2) is 55.0 Å². The molecule has 1 saturated heterocycles. The van der Waals surface area contributed by atoms with Gasteiger partial charge in [-0.2, -0.15) is 0 Å². The van der Waals surface area contributed by atoms with E-state index in [1.807, 2.05) is 36.5 Å². The highest BCUT2D eigenvalue weighted by Crippen LogP contribution is 2.45. The number of fused-ring (bicyclic) bond motifs is 1. The molecule has 0 spiro atoms.